The number of rotatable bonds is 11. The SMILES string of the molecule is CCCCCCCOc1cccc(NCC(=O)Nc2ccc(Cl)c(Cl)c2)c1. The summed E-state index contributed by atoms with van der Waals surface area (Å²) in [4.78, 5) is 12.1. The highest BCUT2D eigenvalue weighted by molar-refractivity contribution is 6.42. The molecule has 146 valence electrons. The van der Waals surface area contributed by atoms with Crippen molar-refractivity contribution in [3.63, 3.8) is 0 Å². The van der Waals surface area contributed by atoms with Gasteiger partial charge in [-0.1, -0.05) is 61.9 Å². The average Bonchev–Trinajstić information content (AvgIpc) is 2.66. The van der Waals surface area contributed by atoms with Crippen molar-refractivity contribution in [2.24, 2.45) is 0 Å². The molecule has 27 heavy (non-hydrogen) atoms. The number of hydrogen-bond acceptors (Lipinski definition) is 3. The predicted molar refractivity (Wildman–Crippen MR) is 114 cm³/mol. The Morgan fingerprint density at radius 1 is 0.963 bits per heavy atom. The van der Waals surface area contributed by atoms with Crippen LogP contribution in [0.5, 0.6) is 5.75 Å². The van der Waals surface area contributed by atoms with Crippen LogP contribution in [0.15, 0.2) is 42.5 Å². The minimum Gasteiger partial charge on any atom is -0.494 e. The number of carbonyl (C=O) groups excluding carboxylic acids is 1. The molecule has 0 saturated heterocycles. The van der Waals surface area contributed by atoms with Crippen molar-refractivity contribution in [1.29, 1.82) is 0 Å². The van der Waals surface area contributed by atoms with Crippen LogP contribution in [0, 0.1) is 0 Å². The van der Waals surface area contributed by atoms with Gasteiger partial charge < -0.3 is 15.4 Å². The van der Waals surface area contributed by atoms with E-state index in [1.807, 2.05) is 24.3 Å². The number of nitrogens with one attached hydrogen (secondary N) is 2. The van der Waals surface area contributed by atoms with Gasteiger partial charge in [-0.25, -0.2) is 0 Å². The number of halogens is 2. The molecule has 2 N–H and O–H groups in total. The highest BCUT2D eigenvalue weighted by Crippen LogP contribution is 2.25. The van der Waals surface area contributed by atoms with Gasteiger partial charge in [0.25, 0.3) is 0 Å². The summed E-state index contributed by atoms with van der Waals surface area (Å²) in [6, 6.07) is 12.6. The maximum absolute atomic E-state index is 12.1. The summed E-state index contributed by atoms with van der Waals surface area (Å²) in [6.07, 6.45) is 6.04. The standard InChI is InChI=1S/C21H26Cl2N2O2/c1-2-3-4-5-6-12-27-18-9-7-8-16(13-18)24-15-21(26)25-17-10-11-19(22)20(23)14-17/h7-11,13-14,24H,2-6,12,15H2,1H3,(H,25,26). The summed E-state index contributed by atoms with van der Waals surface area (Å²) < 4.78 is 5.79. The fourth-order valence-electron chi connectivity index (χ4n) is 2.55. The van der Waals surface area contributed by atoms with Gasteiger partial charge in [0.05, 0.1) is 23.2 Å². The summed E-state index contributed by atoms with van der Waals surface area (Å²) >= 11 is 11.8. The number of unbranched alkanes of at least 4 members (excludes halogenated alkanes) is 4. The molecule has 6 heteroatoms. The van der Waals surface area contributed by atoms with Gasteiger partial charge in [-0.15, -0.1) is 0 Å². The number of carbonyl (C=O) groups is 1. The molecule has 0 atom stereocenters. The van der Waals surface area contributed by atoms with E-state index < -0.39 is 0 Å². The predicted octanol–water partition coefficient (Wildman–Crippen LogP) is 6.39. The Hall–Kier alpha value is -1.91. The molecule has 2 rings (SSSR count). The van der Waals surface area contributed by atoms with E-state index in [-0.39, 0.29) is 12.5 Å². The van der Waals surface area contributed by atoms with Crippen molar-refractivity contribution in [2.45, 2.75) is 39.0 Å². The zero-order valence-corrected chi connectivity index (χ0v) is 17.1. The first-order valence-corrected chi connectivity index (χ1v) is 10.1. The summed E-state index contributed by atoms with van der Waals surface area (Å²) in [5, 5.41) is 6.73. The zero-order valence-electron chi connectivity index (χ0n) is 15.6. The van der Waals surface area contributed by atoms with Crippen LogP contribution in [-0.4, -0.2) is 19.1 Å². The lowest BCUT2D eigenvalue weighted by Gasteiger charge is -2.11. The quantitative estimate of drug-likeness (QED) is 0.423. The van der Waals surface area contributed by atoms with Crippen LogP contribution in [0.1, 0.15) is 39.0 Å². The maximum Gasteiger partial charge on any atom is 0.243 e. The first-order chi connectivity index (χ1) is 13.1. The number of amides is 1. The van der Waals surface area contributed by atoms with Gasteiger partial charge in [0, 0.05) is 17.4 Å². The van der Waals surface area contributed by atoms with Gasteiger partial charge in [-0.3, -0.25) is 4.79 Å². The monoisotopic (exact) mass is 408 g/mol. The largest absolute Gasteiger partial charge is 0.494 e. The van der Waals surface area contributed by atoms with E-state index in [0.717, 1.165) is 17.9 Å². The van der Waals surface area contributed by atoms with Gasteiger partial charge in [-0.05, 0) is 36.8 Å². The van der Waals surface area contributed by atoms with Crippen molar-refractivity contribution < 1.29 is 9.53 Å². The molecule has 0 heterocycles. The second-order valence-corrected chi connectivity index (χ2v) is 7.14. The molecule has 0 bridgehead atoms. The fraction of sp³-hybridized carbons (Fsp3) is 0.381. The molecular formula is C21H26Cl2N2O2. The van der Waals surface area contributed by atoms with E-state index in [0.29, 0.717) is 22.3 Å². The highest BCUT2D eigenvalue weighted by Gasteiger charge is 2.05. The molecule has 0 spiro atoms. The molecule has 0 aliphatic carbocycles. The van der Waals surface area contributed by atoms with Gasteiger partial charge in [0.15, 0.2) is 0 Å². The molecule has 0 radical (unpaired) electrons. The van der Waals surface area contributed by atoms with Gasteiger partial charge >= 0.3 is 0 Å². The second kappa shape index (κ2) is 11.7. The lowest BCUT2D eigenvalue weighted by atomic mass is 10.2. The van der Waals surface area contributed by atoms with Crippen LogP contribution in [0.2, 0.25) is 10.0 Å². The summed E-state index contributed by atoms with van der Waals surface area (Å²) in [6.45, 7) is 3.06. The first-order valence-electron chi connectivity index (χ1n) is 9.30. The minimum atomic E-state index is -0.171. The maximum atomic E-state index is 12.1. The van der Waals surface area contributed by atoms with Crippen LogP contribution >= 0.6 is 23.2 Å². The normalized spacial score (nSPS) is 10.5. The van der Waals surface area contributed by atoms with E-state index in [4.69, 9.17) is 27.9 Å². The Kier molecular flexibility index (Phi) is 9.29. The highest BCUT2D eigenvalue weighted by atomic mass is 35.5. The molecular weight excluding hydrogens is 383 g/mol. The molecule has 0 saturated carbocycles. The molecule has 2 aromatic rings. The molecule has 4 nitrogen and oxygen atoms in total. The van der Waals surface area contributed by atoms with E-state index in [1.165, 1.54) is 25.7 Å². The lowest BCUT2D eigenvalue weighted by molar-refractivity contribution is -0.114. The van der Waals surface area contributed by atoms with Crippen LogP contribution in [-0.2, 0) is 4.79 Å². The van der Waals surface area contributed by atoms with E-state index in [9.17, 15) is 4.79 Å². The molecule has 0 fully saturated rings. The number of hydrogen-bond donors (Lipinski definition) is 2. The Labute approximate surface area is 171 Å². The van der Waals surface area contributed by atoms with Gasteiger partial charge in [-0.2, -0.15) is 0 Å². The molecule has 2 aromatic carbocycles. The third kappa shape index (κ3) is 8.10. The van der Waals surface area contributed by atoms with Crippen LogP contribution < -0.4 is 15.4 Å². The minimum absolute atomic E-state index is 0.140. The first kappa shape index (κ1) is 21.4. The smallest absolute Gasteiger partial charge is 0.243 e. The third-order valence-corrected chi connectivity index (χ3v) is 4.75. The van der Waals surface area contributed by atoms with Crippen LogP contribution in [0.4, 0.5) is 11.4 Å². The number of anilines is 2. The Bertz CT molecular complexity index is 738. The second-order valence-electron chi connectivity index (χ2n) is 6.32. The topological polar surface area (TPSA) is 50.4 Å². The van der Waals surface area contributed by atoms with Crippen molar-refractivity contribution in [2.75, 3.05) is 23.8 Å². The lowest BCUT2D eigenvalue weighted by Crippen LogP contribution is -2.21. The van der Waals surface area contributed by atoms with Crippen LogP contribution in [0.3, 0.4) is 0 Å². The van der Waals surface area contributed by atoms with E-state index in [1.54, 1.807) is 18.2 Å². The molecule has 0 aromatic heterocycles. The molecule has 0 aliphatic heterocycles. The molecule has 0 unspecified atom stereocenters. The summed E-state index contributed by atoms with van der Waals surface area (Å²) in [7, 11) is 0. The van der Waals surface area contributed by atoms with Gasteiger partial charge in [0.2, 0.25) is 5.91 Å². The van der Waals surface area contributed by atoms with Crippen molar-refractivity contribution in [3.05, 3.63) is 52.5 Å². The third-order valence-electron chi connectivity index (χ3n) is 4.01. The van der Waals surface area contributed by atoms with Crippen molar-refractivity contribution >= 4 is 40.5 Å². The average molecular weight is 409 g/mol. The summed E-state index contributed by atoms with van der Waals surface area (Å²) in [5.74, 6) is 0.635. The Morgan fingerprint density at radius 3 is 2.56 bits per heavy atom. The Balaban J connectivity index is 1.74. The number of benzene rings is 2. The summed E-state index contributed by atoms with van der Waals surface area (Å²) in [5.41, 5.74) is 1.44. The zero-order chi connectivity index (χ0) is 19.5. The van der Waals surface area contributed by atoms with Gasteiger partial charge in [0.1, 0.15) is 5.75 Å². The Morgan fingerprint density at radius 2 is 1.78 bits per heavy atom. The molecule has 1 amide bonds. The van der Waals surface area contributed by atoms with Crippen LogP contribution in [0.25, 0.3) is 0 Å². The van der Waals surface area contributed by atoms with E-state index >= 15 is 0 Å². The van der Waals surface area contributed by atoms with Crippen molar-refractivity contribution in [3.8, 4) is 5.75 Å². The fourth-order valence-corrected chi connectivity index (χ4v) is 2.85. The van der Waals surface area contributed by atoms with E-state index in [2.05, 4.69) is 17.6 Å². The number of ether oxygens (including phenoxy) is 1. The molecule has 0 aliphatic rings. The van der Waals surface area contributed by atoms with Crippen molar-refractivity contribution in [1.82, 2.24) is 0 Å².